The molecule has 2 atom stereocenters. The van der Waals surface area contributed by atoms with Crippen LogP contribution in [0, 0.1) is 0 Å². The quantitative estimate of drug-likeness (QED) is 0.611. The highest BCUT2D eigenvalue weighted by Gasteiger charge is 2.31. The van der Waals surface area contributed by atoms with Crippen LogP contribution in [0.3, 0.4) is 0 Å². The van der Waals surface area contributed by atoms with Gasteiger partial charge in [0.25, 0.3) is 0 Å². The Morgan fingerprint density at radius 2 is 1.92 bits per heavy atom. The average Bonchev–Trinajstić information content (AvgIpc) is 2.46. The fourth-order valence-corrected chi connectivity index (χ4v) is 2.42. The standard InChI is InChI=1S/C10H19N3/c1-2-13-10-8-6-4-3-5-7-9(10)11-12-13/h9-10H,2-8H2,1H3. The molecule has 2 aliphatic rings. The van der Waals surface area contributed by atoms with Gasteiger partial charge in [-0.25, -0.2) is 0 Å². The van der Waals surface area contributed by atoms with Crippen molar-refractivity contribution in [3.63, 3.8) is 0 Å². The van der Waals surface area contributed by atoms with Crippen molar-refractivity contribution in [2.24, 2.45) is 10.3 Å². The second-order valence-corrected chi connectivity index (χ2v) is 4.09. The molecule has 3 heteroatoms. The van der Waals surface area contributed by atoms with E-state index in [0.717, 1.165) is 6.54 Å². The summed E-state index contributed by atoms with van der Waals surface area (Å²) in [5.74, 6) is 0. The Bertz CT molecular complexity index is 191. The Hall–Kier alpha value is -0.600. The van der Waals surface area contributed by atoms with Crippen molar-refractivity contribution in [2.75, 3.05) is 6.54 Å². The first-order valence-corrected chi connectivity index (χ1v) is 5.59. The molecule has 0 aromatic rings. The minimum Gasteiger partial charge on any atom is -0.274 e. The van der Waals surface area contributed by atoms with Crippen molar-refractivity contribution in [3.8, 4) is 0 Å². The van der Waals surface area contributed by atoms with Gasteiger partial charge in [-0.1, -0.05) is 30.9 Å². The van der Waals surface area contributed by atoms with Gasteiger partial charge in [0.15, 0.2) is 0 Å². The lowest BCUT2D eigenvalue weighted by Gasteiger charge is -2.26. The van der Waals surface area contributed by atoms with Gasteiger partial charge < -0.3 is 0 Å². The van der Waals surface area contributed by atoms with E-state index in [0.29, 0.717) is 12.1 Å². The summed E-state index contributed by atoms with van der Waals surface area (Å²) in [6, 6.07) is 1.14. The molecule has 0 aromatic carbocycles. The van der Waals surface area contributed by atoms with Gasteiger partial charge in [0.1, 0.15) is 0 Å². The predicted octanol–water partition coefficient (Wildman–Crippen LogP) is 2.78. The summed E-state index contributed by atoms with van der Waals surface area (Å²) in [4.78, 5) is 0. The van der Waals surface area contributed by atoms with Crippen LogP contribution in [-0.2, 0) is 0 Å². The molecule has 3 nitrogen and oxygen atoms in total. The summed E-state index contributed by atoms with van der Waals surface area (Å²) in [5.41, 5.74) is 0. The second-order valence-electron chi connectivity index (χ2n) is 4.09. The highest BCUT2D eigenvalue weighted by molar-refractivity contribution is 4.86. The van der Waals surface area contributed by atoms with Gasteiger partial charge in [-0.2, -0.15) is 5.11 Å². The molecule has 2 unspecified atom stereocenters. The normalized spacial score (nSPS) is 34.1. The van der Waals surface area contributed by atoms with E-state index >= 15 is 0 Å². The van der Waals surface area contributed by atoms with E-state index < -0.39 is 0 Å². The Kier molecular flexibility index (Phi) is 2.81. The topological polar surface area (TPSA) is 28.0 Å². The summed E-state index contributed by atoms with van der Waals surface area (Å²) >= 11 is 0. The minimum atomic E-state index is 0.514. The zero-order valence-corrected chi connectivity index (χ0v) is 8.45. The van der Waals surface area contributed by atoms with Crippen LogP contribution in [0.15, 0.2) is 10.3 Å². The van der Waals surface area contributed by atoms with E-state index in [1.807, 2.05) is 0 Å². The molecule has 2 rings (SSSR count). The molecule has 0 amide bonds. The average molecular weight is 181 g/mol. The summed E-state index contributed by atoms with van der Waals surface area (Å²) in [6.07, 6.45) is 8.06. The van der Waals surface area contributed by atoms with Crippen LogP contribution in [0.4, 0.5) is 0 Å². The maximum Gasteiger partial charge on any atom is 0.0949 e. The first-order valence-electron chi connectivity index (χ1n) is 5.59. The predicted molar refractivity (Wildman–Crippen MR) is 52.5 cm³/mol. The van der Waals surface area contributed by atoms with Gasteiger partial charge in [0.2, 0.25) is 0 Å². The van der Waals surface area contributed by atoms with Crippen molar-refractivity contribution in [1.82, 2.24) is 5.01 Å². The van der Waals surface area contributed by atoms with Gasteiger partial charge in [0, 0.05) is 6.54 Å². The molecule has 74 valence electrons. The maximum absolute atomic E-state index is 4.36. The van der Waals surface area contributed by atoms with Crippen molar-refractivity contribution >= 4 is 0 Å². The molecule has 1 heterocycles. The molecule has 0 N–H and O–H groups in total. The minimum absolute atomic E-state index is 0.514. The van der Waals surface area contributed by atoms with Gasteiger partial charge in [-0.05, 0) is 19.8 Å². The Labute approximate surface area is 80.2 Å². The van der Waals surface area contributed by atoms with Crippen LogP contribution in [0.2, 0.25) is 0 Å². The third-order valence-electron chi connectivity index (χ3n) is 3.22. The van der Waals surface area contributed by atoms with Crippen molar-refractivity contribution < 1.29 is 0 Å². The lowest BCUT2D eigenvalue weighted by atomic mass is 9.93. The van der Waals surface area contributed by atoms with Crippen molar-refractivity contribution in [1.29, 1.82) is 0 Å². The van der Waals surface area contributed by atoms with E-state index in [4.69, 9.17) is 0 Å². The van der Waals surface area contributed by atoms with Gasteiger partial charge in [-0.15, -0.1) is 0 Å². The van der Waals surface area contributed by atoms with Crippen LogP contribution >= 0.6 is 0 Å². The molecule has 0 spiro atoms. The van der Waals surface area contributed by atoms with E-state index in [-0.39, 0.29) is 0 Å². The van der Waals surface area contributed by atoms with Crippen LogP contribution in [0.1, 0.15) is 45.4 Å². The highest BCUT2D eigenvalue weighted by Crippen LogP contribution is 2.28. The smallest absolute Gasteiger partial charge is 0.0949 e. The van der Waals surface area contributed by atoms with Crippen LogP contribution < -0.4 is 0 Å². The Balaban J connectivity index is 1.99. The molecule has 0 saturated heterocycles. The van der Waals surface area contributed by atoms with Crippen LogP contribution in [-0.4, -0.2) is 23.6 Å². The summed E-state index contributed by atoms with van der Waals surface area (Å²) in [7, 11) is 0. The molecule has 1 aliphatic carbocycles. The van der Waals surface area contributed by atoms with E-state index in [1.165, 1.54) is 38.5 Å². The highest BCUT2D eigenvalue weighted by atomic mass is 15.6. The molecule has 0 aromatic heterocycles. The Morgan fingerprint density at radius 1 is 1.15 bits per heavy atom. The monoisotopic (exact) mass is 181 g/mol. The zero-order valence-electron chi connectivity index (χ0n) is 8.45. The van der Waals surface area contributed by atoms with E-state index in [1.54, 1.807) is 0 Å². The lowest BCUT2D eigenvalue weighted by molar-refractivity contribution is 0.204. The van der Waals surface area contributed by atoms with Gasteiger partial charge >= 0.3 is 0 Å². The van der Waals surface area contributed by atoms with Crippen molar-refractivity contribution in [3.05, 3.63) is 0 Å². The lowest BCUT2D eigenvalue weighted by Crippen LogP contribution is -2.35. The molecule has 0 radical (unpaired) electrons. The summed E-state index contributed by atoms with van der Waals surface area (Å²) in [5, 5.41) is 10.8. The molecule has 1 aliphatic heterocycles. The number of hydrogen-bond donors (Lipinski definition) is 0. The van der Waals surface area contributed by atoms with Gasteiger partial charge in [-0.3, -0.25) is 5.01 Å². The zero-order chi connectivity index (χ0) is 9.10. The van der Waals surface area contributed by atoms with Gasteiger partial charge in [0.05, 0.1) is 12.1 Å². The molecule has 1 fully saturated rings. The first-order chi connectivity index (χ1) is 6.42. The number of hydrogen-bond acceptors (Lipinski definition) is 3. The Morgan fingerprint density at radius 3 is 2.69 bits per heavy atom. The third-order valence-corrected chi connectivity index (χ3v) is 3.22. The van der Waals surface area contributed by atoms with Crippen LogP contribution in [0.25, 0.3) is 0 Å². The molecule has 13 heavy (non-hydrogen) atoms. The molecular formula is C10H19N3. The van der Waals surface area contributed by atoms with Crippen molar-refractivity contribution in [2.45, 2.75) is 57.5 Å². The molecule has 0 bridgehead atoms. The number of rotatable bonds is 1. The first kappa shape index (κ1) is 8.97. The number of fused-ring (bicyclic) bond motifs is 1. The fourth-order valence-electron chi connectivity index (χ4n) is 2.42. The van der Waals surface area contributed by atoms with E-state index in [9.17, 15) is 0 Å². The summed E-state index contributed by atoms with van der Waals surface area (Å²) < 4.78 is 0. The number of nitrogens with zero attached hydrogens (tertiary/aromatic N) is 3. The number of likely N-dealkylation sites (N-methyl/N-ethyl adjacent to an activating group) is 1. The third kappa shape index (κ3) is 1.84. The largest absolute Gasteiger partial charge is 0.274 e. The molecular weight excluding hydrogens is 162 g/mol. The maximum atomic E-state index is 4.36. The SMILES string of the molecule is CCN1N=NC2CCCCCCC21. The summed E-state index contributed by atoms with van der Waals surface area (Å²) in [6.45, 7) is 3.19. The molecule has 1 saturated carbocycles. The van der Waals surface area contributed by atoms with Crippen LogP contribution in [0.5, 0.6) is 0 Å². The fraction of sp³-hybridized carbons (Fsp3) is 1.00. The van der Waals surface area contributed by atoms with E-state index in [2.05, 4.69) is 22.3 Å². The second kappa shape index (κ2) is 4.07.